The van der Waals surface area contributed by atoms with Crippen molar-refractivity contribution in [2.75, 3.05) is 10.2 Å². The van der Waals surface area contributed by atoms with Gasteiger partial charge in [-0.3, -0.25) is 14.5 Å². The van der Waals surface area contributed by atoms with Gasteiger partial charge in [-0.25, -0.2) is 19.3 Å². The maximum Gasteiger partial charge on any atom is 0.247 e. The number of aryl methyl sites for hydroxylation is 1. The molecule has 1 aromatic carbocycles. The minimum atomic E-state index is -0.635. The number of carbonyl (C=O) groups excluding carboxylic acids is 2. The van der Waals surface area contributed by atoms with E-state index >= 15 is 0 Å². The first-order chi connectivity index (χ1) is 14.0. The molecule has 4 rings (SSSR count). The van der Waals surface area contributed by atoms with Crippen LogP contribution in [0.3, 0.4) is 0 Å². The van der Waals surface area contributed by atoms with Crippen molar-refractivity contribution in [3.63, 3.8) is 0 Å². The van der Waals surface area contributed by atoms with Gasteiger partial charge in [-0.2, -0.15) is 0 Å². The van der Waals surface area contributed by atoms with Crippen LogP contribution >= 0.6 is 0 Å². The molecule has 0 saturated carbocycles. The molecule has 8 heteroatoms. The van der Waals surface area contributed by atoms with Crippen molar-refractivity contribution in [3.05, 3.63) is 66.4 Å². The van der Waals surface area contributed by atoms with Gasteiger partial charge in [-0.1, -0.05) is 12.1 Å². The average Bonchev–Trinajstić information content (AvgIpc) is 3.12. The van der Waals surface area contributed by atoms with Crippen LogP contribution in [0.5, 0.6) is 0 Å². The topological polar surface area (TPSA) is 88.1 Å². The smallest absolute Gasteiger partial charge is 0.247 e. The first-order valence-corrected chi connectivity index (χ1v) is 9.15. The molecule has 1 aliphatic heterocycles. The van der Waals surface area contributed by atoms with Gasteiger partial charge in [-0.05, 0) is 43.2 Å². The number of aromatic nitrogens is 3. The predicted molar refractivity (Wildman–Crippen MR) is 106 cm³/mol. The minimum Gasteiger partial charge on any atom is -0.324 e. The summed E-state index contributed by atoms with van der Waals surface area (Å²) in [7, 11) is 0. The highest BCUT2D eigenvalue weighted by atomic mass is 19.1. The number of nitrogens with one attached hydrogen (secondary N) is 1. The third kappa shape index (κ3) is 3.82. The third-order valence-electron chi connectivity index (χ3n) is 4.78. The quantitative estimate of drug-likeness (QED) is 0.738. The van der Waals surface area contributed by atoms with E-state index in [9.17, 15) is 14.0 Å². The second-order valence-electron chi connectivity index (χ2n) is 6.75. The molecule has 1 fully saturated rings. The lowest BCUT2D eigenvalue weighted by Gasteiger charge is -2.23. The maximum absolute atomic E-state index is 13.1. The summed E-state index contributed by atoms with van der Waals surface area (Å²) in [5.41, 5.74) is 2.12. The lowest BCUT2D eigenvalue weighted by Crippen LogP contribution is -2.42. The Hall–Kier alpha value is -3.68. The largest absolute Gasteiger partial charge is 0.324 e. The summed E-state index contributed by atoms with van der Waals surface area (Å²) in [5, 5.41) is 2.86. The van der Waals surface area contributed by atoms with Gasteiger partial charge in [0.2, 0.25) is 11.8 Å². The maximum atomic E-state index is 13.1. The number of hydrogen-bond donors (Lipinski definition) is 1. The number of amides is 2. The minimum absolute atomic E-state index is 0.131. The zero-order valence-corrected chi connectivity index (χ0v) is 15.7. The highest BCUT2D eigenvalue weighted by Crippen LogP contribution is 2.27. The molecule has 0 aliphatic carbocycles. The Kier molecular flexibility index (Phi) is 4.99. The first-order valence-electron chi connectivity index (χ1n) is 9.15. The van der Waals surface area contributed by atoms with Crippen LogP contribution < -0.4 is 10.2 Å². The summed E-state index contributed by atoms with van der Waals surface area (Å²) in [4.78, 5) is 38.9. The summed E-state index contributed by atoms with van der Waals surface area (Å²) in [6, 6.07) is 9.93. The van der Waals surface area contributed by atoms with Gasteiger partial charge in [0.15, 0.2) is 11.6 Å². The standard InChI is InChI=1S/C21H18FN5O2/c1-13-5-6-15(10-16(13)20-24-11-14(22)12-25-20)26-21(29)17-7-8-19(28)27(17)18-4-2-3-9-23-18/h2-6,9-12,17H,7-8H2,1H3,(H,26,29)/t17-/m1/s1. The number of halogens is 1. The van der Waals surface area contributed by atoms with Crippen molar-refractivity contribution in [2.24, 2.45) is 0 Å². The van der Waals surface area contributed by atoms with Crippen LogP contribution in [0.15, 0.2) is 55.0 Å². The molecule has 146 valence electrons. The molecule has 1 atom stereocenters. The molecule has 0 bridgehead atoms. The van der Waals surface area contributed by atoms with Crippen molar-refractivity contribution in [3.8, 4) is 11.4 Å². The number of nitrogens with zero attached hydrogens (tertiary/aromatic N) is 4. The molecule has 1 aliphatic rings. The Morgan fingerprint density at radius 2 is 1.97 bits per heavy atom. The Morgan fingerprint density at radius 1 is 1.17 bits per heavy atom. The van der Waals surface area contributed by atoms with Crippen LogP contribution in [0, 0.1) is 12.7 Å². The van der Waals surface area contributed by atoms with E-state index in [2.05, 4.69) is 20.3 Å². The van der Waals surface area contributed by atoms with E-state index in [4.69, 9.17) is 0 Å². The number of hydrogen-bond acceptors (Lipinski definition) is 5. The molecule has 0 radical (unpaired) electrons. The summed E-state index contributed by atoms with van der Waals surface area (Å²) in [6.45, 7) is 1.88. The number of carbonyl (C=O) groups is 2. The molecule has 3 heterocycles. The molecule has 3 aromatic rings. The first kappa shape index (κ1) is 18.7. The summed E-state index contributed by atoms with van der Waals surface area (Å²) < 4.78 is 13.1. The normalized spacial score (nSPS) is 16.1. The lowest BCUT2D eigenvalue weighted by molar-refractivity contribution is -0.120. The molecular weight excluding hydrogens is 373 g/mol. The van der Waals surface area contributed by atoms with Gasteiger partial charge in [0.05, 0.1) is 12.4 Å². The van der Waals surface area contributed by atoms with E-state index in [1.54, 1.807) is 36.5 Å². The van der Waals surface area contributed by atoms with E-state index in [1.807, 2.05) is 13.0 Å². The van der Waals surface area contributed by atoms with Crippen molar-refractivity contribution in [2.45, 2.75) is 25.8 Å². The highest BCUT2D eigenvalue weighted by molar-refractivity contribution is 6.07. The molecule has 7 nitrogen and oxygen atoms in total. The number of pyridine rings is 1. The summed E-state index contributed by atoms with van der Waals surface area (Å²) >= 11 is 0. The molecule has 1 N–H and O–H groups in total. The van der Waals surface area contributed by atoms with Crippen LogP contribution in [0.4, 0.5) is 15.9 Å². The van der Waals surface area contributed by atoms with Gasteiger partial charge >= 0.3 is 0 Å². The molecule has 29 heavy (non-hydrogen) atoms. The monoisotopic (exact) mass is 391 g/mol. The zero-order valence-electron chi connectivity index (χ0n) is 15.7. The number of benzene rings is 1. The number of anilines is 2. The van der Waals surface area contributed by atoms with E-state index in [0.717, 1.165) is 18.0 Å². The Balaban J connectivity index is 1.57. The molecule has 0 unspecified atom stereocenters. The van der Waals surface area contributed by atoms with E-state index in [1.165, 1.54) is 4.90 Å². The van der Waals surface area contributed by atoms with Crippen molar-refractivity contribution in [1.29, 1.82) is 0 Å². The molecular formula is C21H18FN5O2. The molecule has 0 spiro atoms. The van der Waals surface area contributed by atoms with Gasteiger partial charge < -0.3 is 5.32 Å². The Morgan fingerprint density at radius 3 is 2.69 bits per heavy atom. The second-order valence-corrected chi connectivity index (χ2v) is 6.75. The van der Waals surface area contributed by atoms with Gasteiger partial charge in [0.25, 0.3) is 0 Å². The van der Waals surface area contributed by atoms with Crippen LogP contribution in [-0.2, 0) is 9.59 Å². The number of rotatable bonds is 4. The van der Waals surface area contributed by atoms with Gasteiger partial charge in [0.1, 0.15) is 11.9 Å². The predicted octanol–water partition coefficient (Wildman–Crippen LogP) is 3.12. The fraction of sp³-hybridized carbons (Fsp3) is 0.190. The zero-order chi connectivity index (χ0) is 20.4. The fourth-order valence-corrected chi connectivity index (χ4v) is 3.33. The molecule has 2 amide bonds. The van der Waals surface area contributed by atoms with Crippen molar-refractivity contribution >= 4 is 23.3 Å². The molecule has 2 aromatic heterocycles. The summed E-state index contributed by atoms with van der Waals surface area (Å²) in [6.07, 6.45) is 4.49. The third-order valence-corrected chi connectivity index (χ3v) is 4.78. The average molecular weight is 391 g/mol. The van der Waals surface area contributed by atoms with Gasteiger partial charge in [-0.15, -0.1) is 0 Å². The highest BCUT2D eigenvalue weighted by Gasteiger charge is 2.37. The molecule has 1 saturated heterocycles. The van der Waals surface area contributed by atoms with Crippen molar-refractivity contribution in [1.82, 2.24) is 15.0 Å². The van der Waals surface area contributed by atoms with Crippen LogP contribution in [0.2, 0.25) is 0 Å². The van der Waals surface area contributed by atoms with E-state index in [0.29, 0.717) is 29.3 Å². The van der Waals surface area contributed by atoms with E-state index < -0.39 is 11.9 Å². The second kappa shape index (κ2) is 7.75. The lowest BCUT2D eigenvalue weighted by atomic mass is 10.1. The van der Waals surface area contributed by atoms with Crippen molar-refractivity contribution < 1.29 is 14.0 Å². The van der Waals surface area contributed by atoms with Gasteiger partial charge in [0, 0.05) is 23.9 Å². The van der Waals surface area contributed by atoms with Crippen LogP contribution in [0.25, 0.3) is 11.4 Å². The Bertz CT molecular complexity index is 1060. The summed E-state index contributed by atoms with van der Waals surface area (Å²) in [5.74, 6) is -0.119. The Labute approximate surface area is 166 Å². The van der Waals surface area contributed by atoms with E-state index in [-0.39, 0.29) is 18.2 Å². The van der Waals surface area contributed by atoms with Crippen LogP contribution in [-0.4, -0.2) is 32.8 Å². The van der Waals surface area contributed by atoms with Crippen LogP contribution in [0.1, 0.15) is 18.4 Å². The SMILES string of the molecule is Cc1ccc(NC(=O)[C@H]2CCC(=O)N2c2ccccn2)cc1-c1ncc(F)cn1. The fourth-order valence-electron chi connectivity index (χ4n) is 3.33.